The van der Waals surface area contributed by atoms with Crippen LogP contribution in [0.4, 0.5) is 26.7 Å². The summed E-state index contributed by atoms with van der Waals surface area (Å²) in [6.45, 7) is 0. The SMILES string of the molecule is O=C(CCCC[C@@H]1SCC2NC(=O)NC21)CC1CCC(C(F)(F)Oc2cc(F)c(F)c(F)c2)CC1. The van der Waals surface area contributed by atoms with Gasteiger partial charge in [0.2, 0.25) is 0 Å². The topological polar surface area (TPSA) is 67.4 Å². The first-order valence-electron chi connectivity index (χ1n) is 12.0. The standard InChI is InChI=1S/C24H29F5N2O3S/c25-17-10-16(11-18(26)21(17)27)34-24(28,29)14-7-5-13(6-8-14)9-15(32)3-1-2-4-20-22-19(12-35-20)30-23(33)31-22/h10-11,13-14,19-20,22H,1-9,12H2,(H2,30,31,33)/t13?,14?,19?,20-,22?/m0/s1. The van der Waals surface area contributed by atoms with Crippen LogP contribution >= 0.6 is 11.8 Å². The molecule has 3 fully saturated rings. The number of halogens is 5. The second-order valence-electron chi connectivity index (χ2n) is 9.69. The molecule has 1 aromatic rings. The smallest absolute Gasteiger partial charge is 0.400 e. The monoisotopic (exact) mass is 520 g/mol. The number of Topliss-reactive ketones (excluding diaryl/α,β-unsaturated/α-hetero) is 1. The van der Waals surface area contributed by atoms with Gasteiger partial charge in [-0.3, -0.25) is 4.79 Å². The lowest BCUT2D eigenvalue weighted by Crippen LogP contribution is -2.37. The van der Waals surface area contributed by atoms with E-state index < -0.39 is 35.2 Å². The van der Waals surface area contributed by atoms with Crippen molar-refractivity contribution in [3.63, 3.8) is 0 Å². The highest BCUT2D eigenvalue weighted by molar-refractivity contribution is 8.00. The van der Waals surface area contributed by atoms with Crippen LogP contribution in [-0.4, -0.2) is 41.0 Å². The van der Waals surface area contributed by atoms with E-state index in [0.29, 0.717) is 43.1 Å². The van der Waals surface area contributed by atoms with Crippen LogP contribution < -0.4 is 15.4 Å². The minimum atomic E-state index is -3.66. The third-order valence-corrected chi connectivity index (χ3v) is 8.69. The fourth-order valence-electron chi connectivity index (χ4n) is 5.27. The van der Waals surface area contributed by atoms with Crippen molar-refractivity contribution in [1.82, 2.24) is 10.6 Å². The van der Waals surface area contributed by atoms with Crippen LogP contribution in [0.25, 0.3) is 0 Å². The molecule has 194 valence electrons. The minimum absolute atomic E-state index is 0.0289. The van der Waals surface area contributed by atoms with E-state index in [2.05, 4.69) is 15.4 Å². The second kappa shape index (κ2) is 10.9. The molecule has 0 spiro atoms. The van der Waals surface area contributed by atoms with Gasteiger partial charge in [0.05, 0.1) is 18.0 Å². The van der Waals surface area contributed by atoms with Gasteiger partial charge >= 0.3 is 12.1 Å². The van der Waals surface area contributed by atoms with Gasteiger partial charge in [0.1, 0.15) is 11.5 Å². The molecule has 0 bridgehead atoms. The van der Waals surface area contributed by atoms with E-state index in [9.17, 15) is 31.5 Å². The summed E-state index contributed by atoms with van der Waals surface area (Å²) in [4.78, 5) is 23.8. The first kappa shape index (κ1) is 26.0. The molecule has 35 heavy (non-hydrogen) atoms. The van der Waals surface area contributed by atoms with E-state index in [0.717, 1.165) is 25.0 Å². The van der Waals surface area contributed by atoms with Gasteiger partial charge in [0.15, 0.2) is 17.5 Å². The number of unbranched alkanes of at least 4 members (excludes halogenated alkanes) is 1. The summed E-state index contributed by atoms with van der Waals surface area (Å²) < 4.78 is 73.2. The van der Waals surface area contributed by atoms with Crippen molar-refractivity contribution in [3.05, 3.63) is 29.6 Å². The molecule has 2 aliphatic heterocycles. The molecule has 11 heteroatoms. The number of benzene rings is 1. The Kier molecular flexibility index (Phi) is 8.12. The first-order chi connectivity index (χ1) is 16.6. The van der Waals surface area contributed by atoms with Gasteiger partial charge in [-0.2, -0.15) is 20.5 Å². The van der Waals surface area contributed by atoms with Gasteiger partial charge in [0.25, 0.3) is 0 Å². The first-order valence-corrected chi connectivity index (χ1v) is 13.1. The summed E-state index contributed by atoms with van der Waals surface area (Å²) in [5.41, 5.74) is 0. The van der Waals surface area contributed by atoms with E-state index in [1.165, 1.54) is 0 Å². The maximum atomic E-state index is 14.5. The molecule has 2 unspecified atom stereocenters. The molecule has 0 radical (unpaired) electrons. The van der Waals surface area contributed by atoms with Gasteiger partial charge in [-0.15, -0.1) is 0 Å². The van der Waals surface area contributed by atoms with Gasteiger partial charge in [-0.25, -0.2) is 18.0 Å². The third-order valence-electron chi connectivity index (χ3n) is 7.18. The van der Waals surface area contributed by atoms with E-state index in [1.807, 2.05) is 11.8 Å². The van der Waals surface area contributed by atoms with Crippen LogP contribution in [0, 0.1) is 29.3 Å². The molecule has 3 aliphatic rings. The highest BCUT2D eigenvalue weighted by Gasteiger charge is 2.45. The van der Waals surface area contributed by atoms with E-state index in [-0.39, 0.29) is 42.7 Å². The fourth-order valence-corrected chi connectivity index (χ4v) is 6.81. The number of rotatable bonds is 10. The molecular formula is C24H29F5N2O3S. The zero-order chi connectivity index (χ0) is 25.2. The molecule has 2 heterocycles. The summed E-state index contributed by atoms with van der Waals surface area (Å²) in [6, 6.07) is 1.03. The molecule has 1 aromatic carbocycles. The van der Waals surface area contributed by atoms with Crippen LogP contribution in [0.15, 0.2) is 12.1 Å². The van der Waals surface area contributed by atoms with Crippen molar-refractivity contribution in [2.24, 2.45) is 11.8 Å². The second-order valence-corrected chi connectivity index (χ2v) is 11.0. The van der Waals surface area contributed by atoms with Gasteiger partial charge in [0, 0.05) is 36.0 Å². The minimum Gasteiger partial charge on any atom is -0.432 e. The van der Waals surface area contributed by atoms with E-state index >= 15 is 0 Å². The largest absolute Gasteiger partial charge is 0.432 e. The summed E-state index contributed by atoms with van der Waals surface area (Å²) in [5.74, 6) is -5.78. The van der Waals surface area contributed by atoms with Crippen molar-refractivity contribution in [3.8, 4) is 5.75 Å². The zero-order valence-electron chi connectivity index (χ0n) is 19.1. The predicted octanol–water partition coefficient (Wildman–Crippen LogP) is 5.57. The number of ether oxygens (including phenoxy) is 1. The highest BCUT2D eigenvalue weighted by Crippen LogP contribution is 2.41. The van der Waals surface area contributed by atoms with Crippen LogP contribution in [0.3, 0.4) is 0 Å². The Hall–Kier alpha value is -2.04. The number of carbonyl (C=O) groups excluding carboxylic acids is 2. The maximum Gasteiger partial charge on any atom is 0.400 e. The van der Waals surface area contributed by atoms with Crippen LogP contribution in [0.5, 0.6) is 5.75 Å². The normalized spacial score (nSPS) is 28.4. The zero-order valence-corrected chi connectivity index (χ0v) is 20.0. The highest BCUT2D eigenvalue weighted by atomic mass is 32.2. The Bertz CT molecular complexity index is 919. The molecule has 2 N–H and O–H groups in total. The summed E-state index contributed by atoms with van der Waals surface area (Å²) in [6.07, 6.45) is 0.875. The summed E-state index contributed by atoms with van der Waals surface area (Å²) >= 11 is 1.84. The number of thioether (sulfide) groups is 1. The Morgan fingerprint density at radius 2 is 1.74 bits per heavy atom. The molecular weight excluding hydrogens is 491 g/mol. The van der Waals surface area contributed by atoms with Crippen molar-refractivity contribution in [2.45, 2.75) is 81.2 Å². The van der Waals surface area contributed by atoms with Crippen LogP contribution in [0.1, 0.15) is 57.8 Å². The maximum absolute atomic E-state index is 14.5. The molecule has 2 amide bonds. The lowest BCUT2D eigenvalue weighted by atomic mass is 9.79. The molecule has 1 aliphatic carbocycles. The Labute approximate surface area is 204 Å². The lowest BCUT2D eigenvalue weighted by Gasteiger charge is -2.33. The predicted molar refractivity (Wildman–Crippen MR) is 121 cm³/mol. The lowest BCUT2D eigenvalue weighted by molar-refractivity contribution is -0.223. The average Bonchev–Trinajstić information content (AvgIpc) is 3.34. The molecule has 2 saturated heterocycles. The van der Waals surface area contributed by atoms with Crippen molar-refractivity contribution >= 4 is 23.6 Å². The number of carbonyl (C=O) groups is 2. The number of hydrogen-bond donors (Lipinski definition) is 2. The number of ketones is 1. The van der Waals surface area contributed by atoms with Gasteiger partial charge in [-0.1, -0.05) is 6.42 Å². The summed E-state index contributed by atoms with van der Waals surface area (Å²) in [5, 5.41) is 6.22. The number of alkyl halides is 2. The van der Waals surface area contributed by atoms with Crippen molar-refractivity contribution < 1.29 is 36.3 Å². The van der Waals surface area contributed by atoms with Crippen LogP contribution in [-0.2, 0) is 4.79 Å². The number of amides is 2. The van der Waals surface area contributed by atoms with E-state index in [4.69, 9.17) is 0 Å². The third kappa shape index (κ3) is 6.40. The Morgan fingerprint density at radius 1 is 1.06 bits per heavy atom. The number of hydrogen-bond acceptors (Lipinski definition) is 4. The average molecular weight is 521 g/mol. The Balaban J connectivity index is 1.14. The van der Waals surface area contributed by atoms with Crippen molar-refractivity contribution in [2.75, 3.05) is 5.75 Å². The molecule has 3 atom stereocenters. The van der Waals surface area contributed by atoms with Gasteiger partial charge in [-0.05, 0) is 44.4 Å². The number of fused-ring (bicyclic) bond motifs is 1. The molecule has 1 saturated carbocycles. The van der Waals surface area contributed by atoms with E-state index in [1.54, 1.807) is 0 Å². The molecule has 5 nitrogen and oxygen atoms in total. The number of nitrogens with one attached hydrogen (secondary N) is 2. The quantitative estimate of drug-likeness (QED) is 0.183. The molecule has 0 aromatic heterocycles. The van der Waals surface area contributed by atoms with Crippen LogP contribution in [0.2, 0.25) is 0 Å². The summed E-state index contributed by atoms with van der Waals surface area (Å²) in [7, 11) is 0. The fraction of sp³-hybridized carbons (Fsp3) is 0.667. The van der Waals surface area contributed by atoms with Crippen molar-refractivity contribution in [1.29, 1.82) is 0 Å². The number of urea groups is 1. The Morgan fingerprint density at radius 3 is 2.43 bits per heavy atom. The molecule has 4 rings (SSSR count). The van der Waals surface area contributed by atoms with Gasteiger partial charge < -0.3 is 15.4 Å².